The minimum absolute atomic E-state index is 0.317. The Bertz CT molecular complexity index is 253. The molecule has 1 N–H and O–H groups in total. The molecule has 2 nitrogen and oxygen atoms in total. The third-order valence-electron chi connectivity index (χ3n) is 4.52. The molecule has 3 heteroatoms. The summed E-state index contributed by atoms with van der Waals surface area (Å²) in [6, 6.07) is 0. The summed E-state index contributed by atoms with van der Waals surface area (Å²) >= 11 is 6.08. The molecule has 17 heavy (non-hydrogen) atoms. The van der Waals surface area contributed by atoms with Crippen molar-refractivity contribution in [2.24, 2.45) is 11.8 Å². The van der Waals surface area contributed by atoms with Crippen molar-refractivity contribution in [3.8, 4) is 0 Å². The van der Waals surface area contributed by atoms with Gasteiger partial charge in [-0.3, -0.25) is 4.79 Å². The van der Waals surface area contributed by atoms with Gasteiger partial charge < -0.3 is 4.90 Å². The number of quaternary nitrogens is 1. The van der Waals surface area contributed by atoms with Crippen molar-refractivity contribution in [2.45, 2.75) is 50.8 Å². The van der Waals surface area contributed by atoms with Crippen LogP contribution >= 0.6 is 11.6 Å². The van der Waals surface area contributed by atoms with E-state index in [0.29, 0.717) is 17.1 Å². The van der Waals surface area contributed by atoms with Crippen LogP contribution in [-0.2, 0) is 4.79 Å². The molecule has 1 aliphatic carbocycles. The van der Waals surface area contributed by atoms with E-state index in [1.807, 2.05) is 0 Å². The van der Waals surface area contributed by atoms with Crippen LogP contribution in [0.4, 0.5) is 0 Å². The molecule has 2 rings (SSSR count). The standard InChI is InChI=1S/C14H24ClNO/c1-11-6-8-16(9-7-11)10-14(17)12-2-4-13(15)5-3-12/h11-13H,2-10H2,1H3/p+1. The van der Waals surface area contributed by atoms with Gasteiger partial charge in [0.2, 0.25) is 0 Å². The maximum absolute atomic E-state index is 12.2. The number of piperidine rings is 1. The van der Waals surface area contributed by atoms with Gasteiger partial charge in [0.1, 0.15) is 6.54 Å². The SMILES string of the molecule is CC1CC[NH+](CC(=O)C2CCC(Cl)CC2)CC1. The molecule has 1 aliphatic heterocycles. The first-order chi connectivity index (χ1) is 8.15. The molecule has 0 spiro atoms. The summed E-state index contributed by atoms with van der Waals surface area (Å²) < 4.78 is 0. The zero-order chi connectivity index (χ0) is 12.3. The maximum atomic E-state index is 12.2. The summed E-state index contributed by atoms with van der Waals surface area (Å²) in [4.78, 5) is 13.7. The number of hydrogen-bond acceptors (Lipinski definition) is 1. The Morgan fingerprint density at radius 3 is 2.29 bits per heavy atom. The third-order valence-corrected chi connectivity index (χ3v) is 4.95. The molecule has 0 aromatic heterocycles. The molecule has 0 amide bonds. The number of ketones is 1. The molecule has 2 aliphatic rings. The summed E-state index contributed by atoms with van der Waals surface area (Å²) in [5.74, 6) is 1.68. The van der Waals surface area contributed by atoms with Gasteiger partial charge in [-0.05, 0) is 44.4 Å². The van der Waals surface area contributed by atoms with E-state index in [1.54, 1.807) is 0 Å². The van der Waals surface area contributed by atoms with E-state index in [-0.39, 0.29) is 0 Å². The molecule has 0 aromatic rings. The van der Waals surface area contributed by atoms with Crippen LogP contribution in [0.25, 0.3) is 0 Å². The largest absolute Gasteiger partial charge is 0.329 e. The van der Waals surface area contributed by atoms with Gasteiger partial charge in [-0.15, -0.1) is 11.6 Å². The average Bonchev–Trinajstić information content (AvgIpc) is 2.33. The normalized spacial score (nSPS) is 38.9. The lowest BCUT2D eigenvalue weighted by Crippen LogP contribution is -3.14. The van der Waals surface area contributed by atoms with Crippen LogP contribution in [0.5, 0.6) is 0 Å². The molecule has 1 heterocycles. The number of alkyl halides is 1. The number of likely N-dealkylation sites (tertiary alicyclic amines) is 1. The third kappa shape index (κ3) is 3.96. The quantitative estimate of drug-likeness (QED) is 0.764. The molecule has 0 aromatic carbocycles. The fraction of sp³-hybridized carbons (Fsp3) is 0.929. The minimum atomic E-state index is 0.317. The number of carbonyl (C=O) groups is 1. The molecule has 0 unspecified atom stereocenters. The van der Waals surface area contributed by atoms with Gasteiger partial charge in [0.15, 0.2) is 5.78 Å². The molecule has 0 radical (unpaired) electrons. The zero-order valence-electron chi connectivity index (χ0n) is 10.9. The second kappa shape index (κ2) is 6.19. The Hall–Kier alpha value is -0.0800. The van der Waals surface area contributed by atoms with Gasteiger partial charge in [-0.2, -0.15) is 0 Å². The lowest BCUT2D eigenvalue weighted by atomic mass is 9.85. The van der Waals surface area contributed by atoms with Crippen molar-refractivity contribution < 1.29 is 9.69 Å². The monoisotopic (exact) mass is 258 g/mol. The number of halogens is 1. The highest BCUT2D eigenvalue weighted by atomic mass is 35.5. The fourth-order valence-corrected chi connectivity index (χ4v) is 3.36. The summed E-state index contributed by atoms with van der Waals surface area (Å²) in [7, 11) is 0. The topological polar surface area (TPSA) is 21.5 Å². The Balaban J connectivity index is 1.73. The van der Waals surface area contributed by atoms with Crippen LogP contribution in [0, 0.1) is 11.8 Å². The highest BCUT2D eigenvalue weighted by molar-refractivity contribution is 6.20. The van der Waals surface area contributed by atoms with Crippen molar-refractivity contribution in [3.05, 3.63) is 0 Å². The maximum Gasteiger partial charge on any atom is 0.189 e. The summed E-state index contributed by atoms with van der Waals surface area (Å²) in [6.45, 7) is 5.47. The molecule has 0 atom stereocenters. The first kappa shape index (κ1) is 13.4. The second-order valence-corrected chi connectivity index (χ2v) is 6.64. The van der Waals surface area contributed by atoms with Gasteiger partial charge >= 0.3 is 0 Å². The van der Waals surface area contributed by atoms with E-state index in [4.69, 9.17) is 11.6 Å². The first-order valence-corrected chi connectivity index (χ1v) is 7.59. The molecular formula is C14H25ClNO+. The fourth-order valence-electron chi connectivity index (χ4n) is 3.11. The van der Waals surface area contributed by atoms with Crippen LogP contribution in [0.15, 0.2) is 0 Å². The number of nitrogens with one attached hydrogen (secondary N) is 1. The van der Waals surface area contributed by atoms with E-state index in [1.165, 1.54) is 30.8 Å². The average molecular weight is 259 g/mol. The molecule has 98 valence electrons. The van der Waals surface area contributed by atoms with Crippen LogP contribution in [0.1, 0.15) is 45.4 Å². The van der Waals surface area contributed by atoms with Gasteiger partial charge in [0.05, 0.1) is 13.1 Å². The molecular weight excluding hydrogens is 234 g/mol. The van der Waals surface area contributed by atoms with Gasteiger partial charge in [0.25, 0.3) is 0 Å². The van der Waals surface area contributed by atoms with E-state index in [0.717, 1.165) is 38.1 Å². The summed E-state index contributed by atoms with van der Waals surface area (Å²) in [6.07, 6.45) is 6.69. The molecule has 0 bridgehead atoms. The lowest BCUT2D eigenvalue weighted by Gasteiger charge is -2.29. The minimum Gasteiger partial charge on any atom is -0.329 e. The van der Waals surface area contributed by atoms with Crippen LogP contribution in [0.2, 0.25) is 0 Å². The van der Waals surface area contributed by atoms with Crippen LogP contribution in [-0.4, -0.2) is 30.8 Å². The van der Waals surface area contributed by atoms with Crippen molar-refractivity contribution in [2.75, 3.05) is 19.6 Å². The Morgan fingerprint density at radius 2 is 1.71 bits per heavy atom. The zero-order valence-corrected chi connectivity index (χ0v) is 11.6. The van der Waals surface area contributed by atoms with Crippen LogP contribution < -0.4 is 4.90 Å². The van der Waals surface area contributed by atoms with E-state index in [2.05, 4.69) is 6.92 Å². The van der Waals surface area contributed by atoms with Gasteiger partial charge in [0, 0.05) is 11.3 Å². The number of rotatable bonds is 3. The second-order valence-electron chi connectivity index (χ2n) is 6.02. The highest BCUT2D eigenvalue weighted by Crippen LogP contribution is 2.27. The van der Waals surface area contributed by atoms with Gasteiger partial charge in [-0.25, -0.2) is 0 Å². The highest BCUT2D eigenvalue weighted by Gasteiger charge is 2.29. The predicted molar refractivity (Wildman–Crippen MR) is 70.6 cm³/mol. The Labute approximate surface area is 110 Å². The lowest BCUT2D eigenvalue weighted by molar-refractivity contribution is -0.898. The van der Waals surface area contributed by atoms with E-state index < -0.39 is 0 Å². The summed E-state index contributed by atoms with van der Waals surface area (Å²) in [5.41, 5.74) is 0. The van der Waals surface area contributed by atoms with Crippen molar-refractivity contribution in [1.82, 2.24) is 0 Å². The number of carbonyl (C=O) groups excluding carboxylic acids is 1. The molecule has 1 saturated heterocycles. The number of Topliss-reactive ketones (excluding diaryl/α,β-unsaturated/α-hetero) is 1. The Kier molecular flexibility index (Phi) is 4.87. The van der Waals surface area contributed by atoms with Crippen molar-refractivity contribution >= 4 is 17.4 Å². The van der Waals surface area contributed by atoms with E-state index in [9.17, 15) is 4.79 Å². The predicted octanol–water partition coefficient (Wildman–Crippen LogP) is 1.67. The number of hydrogen-bond donors (Lipinski definition) is 1. The van der Waals surface area contributed by atoms with Crippen LogP contribution in [0.3, 0.4) is 0 Å². The Morgan fingerprint density at radius 1 is 1.12 bits per heavy atom. The van der Waals surface area contributed by atoms with Gasteiger partial charge in [-0.1, -0.05) is 6.92 Å². The summed E-state index contributed by atoms with van der Waals surface area (Å²) in [5, 5.41) is 0.322. The first-order valence-electron chi connectivity index (χ1n) is 7.15. The smallest absolute Gasteiger partial charge is 0.189 e. The van der Waals surface area contributed by atoms with Crippen molar-refractivity contribution in [3.63, 3.8) is 0 Å². The molecule has 1 saturated carbocycles. The molecule has 2 fully saturated rings. The van der Waals surface area contributed by atoms with E-state index >= 15 is 0 Å². The van der Waals surface area contributed by atoms with Crippen molar-refractivity contribution in [1.29, 1.82) is 0 Å².